The largest absolute Gasteiger partial charge is 1.00 e. The van der Waals surface area contributed by atoms with Gasteiger partial charge in [0.05, 0.1) is 33.2 Å². The van der Waals surface area contributed by atoms with Crippen molar-refractivity contribution in [2.75, 3.05) is 0 Å². The van der Waals surface area contributed by atoms with Gasteiger partial charge in [-0.1, -0.05) is 7.43 Å². The molecule has 6 aromatic carbocycles. The number of amides is 5. The number of nitrogens with zero attached hydrogens (tertiary/aromatic N) is 7. The molecule has 0 saturated carbocycles. The summed E-state index contributed by atoms with van der Waals surface area (Å²) in [6, 6.07) is 44.1. The van der Waals surface area contributed by atoms with Crippen LogP contribution in [0.15, 0.2) is 201 Å². The fourth-order valence-corrected chi connectivity index (χ4v) is 12.4. The van der Waals surface area contributed by atoms with Crippen molar-refractivity contribution in [3.63, 3.8) is 0 Å². The van der Waals surface area contributed by atoms with Crippen LogP contribution in [-0.2, 0) is 48.6 Å². The Balaban J connectivity index is 0.000000202. The van der Waals surface area contributed by atoms with E-state index < -0.39 is 11.8 Å². The van der Waals surface area contributed by atoms with Gasteiger partial charge in [-0.15, -0.1) is 0 Å². The molecule has 111 heavy (non-hydrogen) atoms. The van der Waals surface area contributed by atoms with Gasteiger partial charge in [-0.2, -0.15) is 5.26 Å². The van der Waals surface area contributed by atoms with Crippen LogP contribution in [0.4, 0.5) is 13.2 Å². The molecule has 0 saturated heterocycles. The average molecular weight is 1540 g/mol. The minimum atomic E-state index is -0.556. The maximum Gasteiger partial charge on any atom is 1.00 e. The van der Waals surface area contributed by atoms with E-state index in [1.54, 1.807) is 129 Å². The Labute approximate surface area is 720 Å². The van der Waals surface area contributed by atoms with Gasteiger partial charge < -0.3 is 53.9 Å². The number of rotatable bonds is 18. The first-order valence-corrected chi connectivity index (χ1v) is 33.5. The fourth-order valence-electron chi connectivity index (χ4n) is 12.4. The number of carbonyl (C=O) groups is 6. The number of nitrogens with two attached hydrogens (primary N) is 2. The molecule has 23 nitrogen and oxygen atoms in total. The number of hydrogen-bond acceptors (Lipinski definition) is 15. The van der Waals surface area contributed by atoms with Crippen LogP contribution in [0.25, 0.3) is 65.4 Å². The molecule has 0 unspecified atom stereocenters. The molecule has 5 amide bonds. The monoisotopic (exact) mass is 1540 g/mol. The molecule has 0 atom stereocenters. The van der Waals surface area contributed by atoms with E-state index in [1.165, 1.54) is 18.2 Å². The molecule has 0 fully saturated rings. The smallest absolute Gasteiger partial charge is 1.00 e. The molecule has 0 aliphatic heterocycles. The van der Waals surface area contributed by atoms with Gasteiger partial charge in [-0.25, -0.2) is 13.2 Å². The molecule has 0 aliphatic rings. The molecular weight excluding hydrogens is 1470 g/mol. The molecule has 10 N–H and O–H groups in total. The van der Waals surface area contributed by atoms with Crippen molar-refractivity contribution in [1.29, 1.82) is 5.26 Å². The van der Waals surface area contributed by atoms with E-state index in [4.69, 9.17) is 21.5 Å². The summed E-state index contributed by atoms with van der Waals surface area (Å²) >= 11 is 0. The molecule has 15 aromatic rings. The van der Waals surface area contributed by atoms with Crippen LogP contribution in [0.3, 0.4) is 0 Å². The van der Waals surface area contributed by atoms with Crippen LogP contribution in [-0.4, -0.2) is 80.9 Å². The topological polar surface area (TPSA) is 371 Å². The van der Waals surface area contributed by atoms with Gasteiger partial charge in [0.15, 0.2) is 0 Å². The normalized spacial score (nSPS) is 10.6. The second kappa shape index (κ2) is 38.5. The van der Waals surface area contributed by atoms with E-state index in [1.807, 2.05) is 75.4 Å². The third-order valence-electron chi connectivity index (χ3n) is 17.5. The van der Waals surface area contributed by atoms with Crippen LogP contribution < -0.4 is 135 Å². The summed E-state index contributed by atoms with van der Waals surface area (Å²) in [5.74, 6) is -3.24. The van der Waals surface area contributed by atoms with Gasteiger partial charge in [0.25, 0.3) is 36.0 Å². The maximum atomic E-state index is 14.4. The number of carbonyl (C=O) groups excluding carboxylic acids is 6. The number of pyridine rings is 6. The Kier molecular flexibility index (Phi) is 29.2. The zero-order valence-electron chi connectivity index (χ0n) is 61.1. The second-order valence-corrected chi connectivity index (χ2v) is 25.4. The summed E-state index contributed by atoms with van der Waals surface area (Å²) in [4.78, 5) is 109. The quantitative estimate of drug-likeness (QED) is 0.0197. The van der Waals surface area contributed by atoms with Gasteiger partial charge in [-0.3, -0.25) is 58.7 Å². The zero-order chi connectivity index (χ0) is 76.1. The molecule has 0 bridgehead atoms. The third kappa shape index (κ3) is 21.1. The standard InChI is InChI=1S/2C27H22FN5O2.C27H20FN5O.CH2O3.CH4.2K.H/c2*1-15-6-19-7-16(9-22(26(29)34)25(19)32-13-15)8-21-11-18(3-4-30-21)27(35)33-14-20-10-17-2-5-31-24(17)12-23(20)28;1-16-6-20-7-17(8-21(13-29)26(20)32-14-16)9-23-11-19(3-4-30-23)27(34)33-15-22-10-18-2-5-31-25(18)12-24(22)28;2-1-4-3;;;;/h2*2-7,9-13,31H,8,14H2,1H3,(H2,29,34)(H,33,35);2-8,10-12,14,31H,9,15H2,1H3,(H,33,34);1,3H;1H4;;;/q;;;;;2*+1;-1/p-1. The van der Waals surface area contributed by atoms with Gasteiger partial charge in [0, 0.05) is 178 Å². The summed E-state index contributed by atoms with van der Waals surface area (Å²) in [6.07, 6.45) is 16.3. The first kappa shape index (κ1) is 84.0. The Bertz CT molecular complexity index is 5830. The molecule has 0 spiro atoms. The summed E-state index contributed by atoms with van der Waals surface area (Å²) < 4.78 is 43.1. The van der Waals surface area contributed by atoms with Gasteiger partial charge in [-0.05, 0) is 216 Å². The van der Waals surface area contributed by atoms with Crippen molar-refractivity contribution in [2.24, 2.45) is 11.5 Å². The number of nitrogens with one attached hydrogen (secondary N) is 6. The molecule has 9 aromatic heterocycles. The van der Waals surface area contributed by atoms with Gasteiger partial charge >= 0.3 is 103 Å². The molecule has 9 heterocycles. The van der Waals surface area contributed by atoms with Crippen molar-refractivity contribution in [3.05, 3.63) is 319 Å². The van der Waals surface area contributed by atoms with Crippen LogP contribution in [0.2, 0.25) is 0 Å². The number of primary amides is 2. The van der Waals surface area contributed by atoms with Crippen molar-refractivity contribution >= 4 is 101 Å². The Morgan fingerprint density at radius 2 is 0.784 bits per heavy atom. The number of halogens is 3. The van der Waals surface area contributed by atoms with Gasteiger partial charge in [0.1, 0.15) is 23.5 Å². The summed E-state index contributed by atoms with van der Waals surface area (Å²) in [5.41, 5.74) is 26.2. The molecule has 0 aliphatic carbocycles. The van der Waals surface area contributed by atoms with E-state index in [-0.39, 0.29) is 173 Å². The van der Waals surface area contributed by atoms with E-state index in [9.17, 15) is 42.4 Å². The van der Waals surface area contributed by atoms with Gasteiger partial charge in [0.2, 0.25) is 0 Å². The van der Waals surface area contributed by atoms with Crippen LogP contribution in [0.1, 0.15) is 133 Å². The summed E-state index contributed by atoms with van der Waals surface area (Å²) in [6.45, 7) is 5.82. The van der Waals surface area contributed by atoms with E-state index in [0.29, 0.717) is 120 Å². The first-order valence-electron chi connectivity index (χ1n) is 33.5. The van der Waals surface area contributed by atoms with Crippen molar-refractivity contribution in [3.8, 4) is 6.07 Å². The molecular formula is C83H70F3K2N15O8. The number of hydrogen-bond donors (Lipinski definition) is 8. The van der Waals surface area contributed by atoms with Crippen molar-refractivity contribution < 1.29 is 156 Å². The van der Waals surface area contributed by atoms with Crippen molar-refractivity contribution in [1.82, 2.24) is 60.8 Å². The molecule has 0 radical (unpaired) electrons. The predicted octanol–water partition coefficient (Wildman–Crippen LogP) is 6.50. The second-order valence-electron chi connectivity index (χ2n) is 25.4. The van der Waals surface area contributed by atoms with E-state index in [0.717, 1.165) is 65.7 Å². The minimum absolute atomic E-state index is 0. The zero-order valence-corrected chi connectivity index (χ0v) is 66.3. The third-order valence-corrected chi connectivity index (χ3v) is 17.5. The Hall–Kier alpha value is -11.0. The molecule has 15 rings (SSSR count). The van der Waals surface area contributed by atoms with E-state index >= 15 is 0 Å². The Morgan fingerprint density at radius 1 is 0.468 bits per heavy atom. The molecule has 548 valence electrons. The minimum Gasteiger partial charge on any atom is -1.00 e. The van der Waals surface area contributed by atoms with Crippen LogP contribution in [0.5, 0.6) is 0 Å². The Morgan fingerprint density at radius 3 is 1.10 bits per heavy atom. The maximum absolute atomic E-state index is 14.4. The number of benzene rings is 6. The number of fused-ring (bicyclic) bond motifs is 6. The fraction of sp³-hybridized carbons (Fsp3) is 0.120. The first-order chi connectivity index (χ1) is 52.1. The average Bonchev–Trinajstić information content (AvgIpc) is 0.958. The predicted molar refractivity (Wildman–Crippen MR) is 406 cm³/mol. The molecule has 28 heteroatoms. The summed E-state index contributed by atoms with van der Waals surface area (Å²) in [5, 5.41) is 31.4. The number of nitriles is 1. The summed E-state index contributed by atoms with van der Waals surface area (Å²) in [7, 11) is 0. The number of aromatic amines is 3. The van der Waals surface area contributed by atoms with Crippen LogP contribution >= 0.6 is 0 Å². The number of aryl methyl sites for hydroxylation is 3. The number of aromatic nitrogens is 9. The SMILES string of the molecule is C.Cc1cnc2c(C#N)cc(Cc3cc(C(=O)NCc4cc5cc[nH]c5cc4F)ccn3)cc2c1.Cc1cnc2c(C(N)=O)cc(Cc3cc(C(=O)NCc4cc5cc[nH]c5cc4F)ccn3)cc2c1.Cc1cnc2c(C(N)=O)cc(Cc3cc(C(=O)NCc4cc5cc[nH]c5cc4F)ccn3)cc2c1.O=CO[O-].[H-].[K+].[K+]. The number of H-pyrrole nitrogens is 3. The van der Waals surface area contributed by atoms with Crippen molar-refractivity contribution in [2.45, 2.75) is 67.1 Å². The van der Waals surface area contributed by atoms with E-state index in [2.05, 4.69) is 71.8 Å². The van der Waals surface area contributed by atoms with Crippen LogP contribution in [0, 0.1) is 49.6 Å².